The SMILES string of the molecule is CN(C)Cc1cc(F)cc(CN2CCNCC2)c1. The fourth-order valence-electron chi connectivity index (χ4n) is 2.39. The quantitative estimate of drug-likeness (QED) is 0.870. The molecule has 0 amide bonds. The largest absolute Gasteiger partial charge is 0.314 e. The molecule has 0 saturated carbocycles. The molecule has 1 aliphatic heterocycles. The Morgan fingerprint density at radius 2 is 1.83 bits per heavy atom. The Morgan fingerprint density at radius 1 is 1.17 bits per heavy atom. The predicted molar refractivity (Wildman–Crippen MR) is 71.9 cm³/mol. The van der Waals surface area contributed by atoms with Crippen molar-refractivity contribution in [3.8, 4) is 0 Å². The van der Waals surface area contributed by atoms with E-state index in [4.69, 9.17) is 0 Å². The number of nitrogens with zero attached hydrogens (tertiary/aromatic N) is 2. The van der Waals surface area contributed by atoms with E-state index >= 15 is 0 Å². The maximum absolute atomic E-state index is 13.6. The first-order chi connectivity index (χ1) is 8.63. The van der Waals surface area contributed by atoms with Crippen molar-refractivity contribution in [2.75, 3.05) is 40.3 Å². The summed E-state index contributed by atoms with van der Waals surface area (Å²) in [6, 6.07) is 5.40. The van der Waals surface area contributed by atoms with E-state index in [9.17, 15) is 4.39 Å². The lowest BCUT2D eigenvalue weighted by Gasteiger charge is -2.27. The zero-order valence-corrected chi connectivity index (χ0v) is 11.2. The summed E-state index contributed by atoms with van der Waals surface area (Å²) in [5, 5.41) is 3.33. The molecule has 3 nitrogen and oxygen atoms in total. The highest BCUT2D eigenvalue weighted by atomic mass is 19.1. The first kappa shape index (κ1) is 13.5. The van der Waals surface area contributed by atoms with Crippen LogP contribution in [0.2, 0.25) is 0 Å². The maximum Gasteiger partial charge on any atom is 0.123 e. The summed E-state index contributed by atoms with van der Waals surface area (Å²) in [6.07, 6.45) is 0. The number of nitrogens with one attached hydrogen (secondary N) is 1. The average molecular weight is 251 g/mol. The van der Waals surface area contributed by atoms with E-state index in [2.05, 4.69) is 21.2 Å². The van der Waals surface area contributed by atoms with Crippen molar-refractivity contribution >= 4 is 0 Å². The molecule has 0 atom stereocenters. The molecule has 1 heterocycles. The van der Waals surface area contributed by atoms with E-state index in [-0.39, 0.29) is 5.82 Å². The summed E-state index contributed by atoms with van der Waals surface area (Å²) in [6.45, 7) is 5.77. The van der Waals surface area contributed by atoms with Gasteiger partial charge in [0.15, 0.2) is 0 Å². The molecule has 1 aliphatic rings. The van der Waals surface area contributed by atoms with Crippen LogP contribution in [-0.2, 0) is 13.1 Å². The molecule has 1 aromatic rings. The zero-order valence-electron chi connectivity index (χ0n) is 11.2. The second-order valence-electron chi connectivity index (χ2n) is 5.23. The van der Waals surface area contributed by atoms with E-state index in [0.717, 1.165) is 50.4 Å². The maximum atomic E-state index is 13.6. The number of halogens is 1. The molecule has 0 aromatic heterocycles. The Balaban J connectivity index is 2.04. The lowest BCUT2D eigenvalue weighted by atomic mass is 10.1. The van der Waals surface area contributed by atoms with Crippen molar-refractivity contribution in [1.82, 2.24) is 15.1 Å². The van der Waals surface area contributed by atoms with E-state index < -0.39 is 0 Å². The second-order valence-corrected chi connectivity index (χ2v) is 5.23. The summed E-state index contributed by atoms with van der Waals surface area (Å²) >= 11 is 0. The summed E-state index contributed by atoms with van der Waals surface area (Å²) in [7, 11) is 4.00. The minimum Gasteiger partial charge on any atom is -0.314 e. The molecule has 0 bridgehead atoms. The average Bonchev–Trinajstić information content (AvgIpc) is 2.28. The van der Waals surface area contributed by atoms with Gasteiger partial charge >= 0.3 is 0 Å². The monoisotopic (exact) mass is 251 g/mol. The van der Waals surface area contributed by atoms with Crippen molar-refractivity contribution in [2.45, 2.75) is 13.1 Å². The van der Waals surface area contributed by atoms with Crippen LogP contribution in [0.1, 0.15) is 11.1 Å². The van der Waals surface area contributed by atoms with E-state index in [1.54, 1.807) is 12.1 Å². The predicted octanol–water partition coefficient (Wildman–Crippen LogP) is 1.29. The van der Waals surface area contributed by atoms with Crippen LogP contribution in [0.15, 0.2) is 18.2 Å². The van der Waals surface area contributed by atoms with Gasteiger partial charge in [0.05, 0.1) is 0 Å². The molecule has 1 N–H and O–H groups in total. The fourth-order valence-corrected chi connectivity index (χ4v) is 2.39. The smallest absolute Gasteiger partial charge is 0.123 e. The number of piperazine rings is 1. The normalized spacial score (nSPS) is 17.3. The number of hydrogen-bond donors (Lipinski definition) is 1. The number of hydrogen-bond acceptors (Lipinski definition) is 3. The third kappa shape index (κ3) is 4.05. The first-order valence-electron chi connectivity index (χ1n) is 6.49. The molecule has 0 aliphatic carbocycles. The minimum atomic E-state index is -0.125. The van der Waals surface area contributed by atoms with Crippen LogP contribution in [-0.4, -0.2) is 50.1 Å². The lowest BCUT2D eigenvalue weighted by Crippen LogP contribution is -2.42. The van der Waals surface area contributed by atoms with Crippen LogP contribution in [0, 0.1) is 5.82 Å². The van der Waals surface area contributed by atoms with Crippen molar-refractivity contribution < 1.29 is 4.39 Å². The minimum absolute atomic E-state index is 0.125. The molecule has 1 saturated heterocycles. The van der Waals surface area contributed by atoms with Gasteiger partial charge in [-0.3, -0.25) is 4.90 Å². The summed E-state index contributed by atoms with van der Waals surface area (Å²) in [5.41, 5.74) is 2.12. The molecule has 100 valence electrons. The van der Waals surface area contributed by atoms with Crippen molar-refractivity contribution in [3.05, 3.63) is 35.1 Å². The molecule has 18 heavy (non-hydrogen) atoms. The molecule has 0 unspecified atom stereocenters. The Morgan fingerprint density at radius 3 is 2.50 bits per heavy atom. The lowest BCUT2D eigenvalue weighted by molar-refractivity contribution is 0.233. The van der Waals surface area contributed by atoms with Crippen LogP contribution >= 0.6 is 0 Å². The third-order valence-corrected chi connectivity index (χ3v) is 3.13. The van der Waals surface area contributed by atoms with Crippen molar-refractivity contribution in [2.24, 2.45) is 0 Å². The van der Waals surface area contributed by atoms with Gasteiger partial charge < -0.3 is 10.2 Å². The fraction of sp³-hybridized carbons (Fsp3) is 0.571. The van der Waals surface area contributed by atoms with Crippen molar-refractivity contribution in [3.63, 3.8) is 0 Å². The first-order valence-corrected chi connectivity index (χ1v) is 6.49. The Kier molecular flexibility index (Phi) is 4.69. The van der Waals surface area contributed by atoms with Gasteiger partial charge in [-0.05, 0) is 37.4 Å². The Bertz CT molecular complexity index is 387. The van der Waals surface area contributed by atoms with Gasteiger partial charge in [0, 0.05) is 39.3 Å². The Hall–Kier alpha value is -0.970. The van der Waals surface area contributed by atoms with Gasteiger partial charge in [0.2, 0.25) is 0 Å². The number of benzene rings is 1. The summed E-state index contributed by atoms with van der Waals surface area (Å²) in [5.74, 6) is -0.125. The van der Waals surface area contributed by atoms with Crippen LogP contribution < -0.4 is 5.32 Å². The molecule has 4 heteroatoms. The third-order valence-electron chi connectivity index (χ3n) is 3.13. The van der Waals surface area contributed by atoms with Crippen LogP contribution in [0.25, 0.3) is 0 Å². The van der Waals surface area contributed by atoms with Gasteiger partial charge in [-0.1, -0.05) is 6.07 Å². The van der Waals surface area contributed by atoms with Crippen LogP contribution in [0.5, 0.6) is 0 Å². The van der Waals surface area contributed by atoms with Gasteiger partial charge in [0.25, 0.3) is 0 Å². The van der Waals surface area contributed by atoms with Gasteiger partial charge in [-0.15, -0.1) is 0 Å². The number of rotatable bonds is 4. The zero-order chi connectivity index (χ0) is 13.0. The summed E-state index contributed by atoms with van der Waals surface area (Å²) in [4.78, 5) is 4.42. The van der Waals surface area contributed by atoms with Crippen LogP contribution in [0.3, 0.4) is 0 Å². The van der Waals surface area contributed by atoms with Gasteiger partial charge in [0.1, 0.15) is 5.82 Å². The van der Waals surface area contributed by atoms with Gasteiger partial charge in [-0.2, -0.15) is 0 Å². The molecule has 1 aromatic carbocycles. The van der Waals surface area contributed by atoms with Crippen LogP contribution in [0.4, 0.5) is 4.39 Å². The highest BCUT2D eigenvalue weighted by molar-refractivity contribution is 5.24. The Labute approximate surface area is 109 Å². The highest BCUT2D eigenvalue weighted by Gasteiger charge is 2.11. The molecular weight excluding hydrogens is 229 g/mol. The molecule has 2 rings (SSSR count). The summed E-state index contributed by atoms with van der Waals surface area (Å²) < 4.78 is 13.6. The molecule has 1 fully saturated rings. The standard InChI is InChI=1S/C14H22FN3/c1-17(2)10-12-7-13(9-14(15)8-12)11-18-5-3-16-4-6-18/h7-9,16H,3-6,10-11H2,1-2H3. The highest BCUT2D eigenvalue weighted by Crippen LogP contribution is 2.13. The van der Waals surface area contributed by atoms with E-state index in [1.165, 1.54) is 0 Å². The van der Waals surface area contributed by atoms with E-state index in [0.29, 0.717) is 0 Å². The second kappa shape index (κ2) is 6.27. The molecule has 0 spiro atoms. The topological polar surface area (TPSA) is 18.5 Å². The molecular formula is C14H22FN3. The molecule has 0 radical (unpaired) electrons. The van der Waals surface area contributed by atoms with Crippen molar-refractivity contribution in [1.29, 1.82) is 0 Å². The van der Waals surface area contributed by atoms with E-state index in [1.807, 2.05) is 14.1 Å². The van der Waals surface area contributed by atoms with Gasteiger partial charge in [-0.25, -0.2) is 4.39 Å².